The summed E-state index contributed by atoms with van der Waals surface area (Å²) in [6.45, 7) is 0.736. The highest BCUT2D eigenvalue weighted by Crippen LogP contribution is 2.27. The summed E-state index contributed by atoms with van der Waals surface area (Å²) in [5, 5.41) is 0.518. The Morgan fingerprint density at radius 1 is 1.14 bits per heavy atom. The smallest absolute Gasteiger partial charge is 0.264 e. The molecule has 21 heavy (non-hydrogen) atoms. The van der Waals surface area contributed by atoms with Gasteiger partial charge in [0.15, 0.2) is 6.61 Å². The number of fused-ring (bicyclic) bond motifs is 1. The fourth-order valence-electron chi connectivity index (χ4n) is 2.57. The molecule has 0 saturated heterocycles. The topological polar surface area (TPSA) is 29.5 Å². The molecule has 3 nitrogen and oxygen atoms in total. The van der Waals surface area contributed by atoms with Gasteiger partial charge in [-0.1, -0.05) is 41.9 Å². The van der Waals surface area contributed by atoms with Crippen LogP contribution in [0.15, 0.2) is 48.5 Å². The second kappa shape index (κ2) is 6.19. The van der Waals surface area contributed by atoms with Gasteiger partial charge in [-0.2, -0.15) is 0 Å². The van der Waals surface area contributed by atoms with Crippen molar-refractivity contribution in [1.82, 2.24) is 0 Å². The van der Waals surface area contributed by atoms with Gasteiger partial charge < -0.3 is 9.64 Å². The number of amides is 1. The monoisotopic (exact) mass is 301 g/mol. The largest absolute Gasteiger partial charge is 0.482 e. The Kier molecular flexibility index (Phi) is 4.11. The number of hydrogen-bond donors (Lipinski definition) is 0. The Hall–Kier alpha value is -2.00. The molecule has 1 heterocycles. The fraction of sp³-hybridized carbons (Fsp3) is 0.235. The molecule has 0 N–H and O–H groups in total. The summed E-state index contributed by atoms with van der Waals surface area (Å²) in [6.07, 6.45) is 2.00. The van der Waals surface area contributed by atoms with E-state index in [4.69, 9.17) is 16.3 Å². The van der Waals surface area contributed by atoms with Crippen LogP contribution in [0.2, 0.25) is 5.02 Å². The van der Waals surface area contributed by atoms with Crippen molar-refractivity contribution in [2.24, 2.45) is 0 Å². The summed E-state index contributed by atoms with van der Waals surface area (Å²) >= 11 is 6.02. The standard InChI is InChI=1S/C17H16ClNO2/c18-14-8-2-4-10-16(14)21-12-17(20)19-11-5-7-13-6-1-3-9-15(13)19/h1-4,6,8-10H,5,7,11-12H2. The van der Waals surface area contributed by atoms with E-state index in [1.807, 2.05) is 30.3 Å². The van der Waals surface area contributed by atoms with E-state index in [1.165, 1.54) is 5.56 Å². The van der Waals surface area contributed by atoms with Crippen molar-refractivity contribution in [2.75, 3.05) is 18.1 Å². The molecule has 1 aliphatic rings. The number of ether oxygens (including phenoxy) is 1. The first-order valence-corrected chi connectivity index (χ1v) is 7.39. The van der Waals surface area contributed by atoms with Crippen LogP contribution < -0.4 is 9.64 Å². The van der Waals surface area contributed by atoms with E-state index in [9.17, 15) is 4.79 Å². The highest BCUT2D eigenvalue weighted by Gasteiger charge is 2.22. The molecule has 1 amide bonds. The Labute approximate surface area is 129 Å². The van der Waals surface area contributed by atoms with Crippen LogP contribution in [0.25, 0.3) is 0 Å². The van der Waals surface area contributed by atoms with E-state index in [2.05, 4.69) is 6.07 Å². The molecule has 0 atom stereocenters. The first-order valence-electron chi connectivity index (χ1n) is 7.01. The minimum atomic E-state index is -0.0398. The van der Waals surface area contributed by atoms with Crippen molar-refractivity contribution < 1.29 is 9.53 Å². The second-order valence-corrected chi connectivity index (χ2v) is 5.40. The third-order valence-electron chi connectivity index (χ3n) is 3.60. The van der Waals surface area contributed by atoms with E-state index in [-0.39, 0.29) is 12.5 Å². The lowest BCUT2D eigenvalue weighted by atomic mass is 10.0. The van der Waals surface area contributed by atoms with Crippen LogP contribution in [0.1, 0.15) is 12.0 Å². The van der Waals surface area contributed by atoms with Crippen molar-refractivity contribution >= 4 is 23.2 Å². The van der Waals surface area contributed by atoms with Gasteiger partial charge in [-0.3, -0.25) is 4.79 Å². The molecule has 0 unspecified atom stereocenters. The molecular formula is C17H16ClNO2. The molecule has 3 rings (SSSR count). The van der Waals surface area contributed by atoms with Gasteiger partial charge in [-0.05, 0) is 36.6 Å². The van der Waals surface area contributed by atoms with Crippen LogP contribution in [0.3, 0.4) is 0 Å². The molecule has 2 aromatic carbocycles. The molecule has 0 radical (unpaired) electrons. The van der Waals surface area contributed by atoms with Crippen LogP contribution in [-0.2, 0) is 11.2 Å². The number of anilines is 1. The first-order chi connectivity index (χ1) is 10.3. The van der Waals surface area contributed by atoms with E-state index in [0.717, 1.165) is 25.1 Å². The van der Waals surface area contributed by atoms with Crippen LogP contribution in [0.4, 0.5) is 5.69 Å². The maximum atomic E-state index is 12.4. The Balaban J connectivity index is 1.71. The summed E-state index contributed by atoms with van der Waals surface area (Å²) < 4.78 is 5.54. The lowest BCUT2D eigenvalue weighted by Crippen LogP contribution is -2.38. The molecule has 108 valence electrons. The summed E-state index contributed by atoms with van der Waals surface area (Å²) in [7, 11) is 0. The average Bonchev–Trinajstić information content (AvgIpc) is 2.53. The highest BCUT2D eigenvalue weighted by molar-refractivity contribution is 6.32. The van der Waals surface area contributed by atoms with Gasteiger partial charge in [0.05, 0.1) is 5.02 Å². The lowest BCUT2D eigenvalue weighted by molar-refractivity contribution is -0.120. The number of hydrogen-bond acceptors (Lipinski definition) is 2. The molecule has 0 fully saturated rings. The predicted molar refractivity (Wildman–Crippen MR) is 84.1 cm³/mol. The van der Waals surface area contributed by atoms with Gasteiger partial charge in [0.1, 0.15) is 5.75 Å². The number of nitrogens with zero attached hydrogens (tertiary/aromatic N) is 1. The number of carbonyl (C=O) groups is 1. The van der Waals surface area contributed by atoms with Gasteiger partial charge in [0.2, 0.25) is 0 Å². The fourth-order valence-corrected chi connectivity index (χ4v) is 2.76. The molecule has 0 bridgehead atoms. The van der Waals surface area contributed by atoms with Crippen LogP contribution in [0, 0.1) is 0 Å². The van der Waals surface area contributed by atoms with Crippen molar-refractivity contribution in [1.29, 1.82) is 0 Å². The molecule has 1 aliphatic heterocycles. The number of para-hydroxylation sites is 2. The Morgan fingerprint density at radius 3 is 2.76 bits per heavy atom. The zero-order valence-corrected chi connectivity index (χ0v) is 12.3. The van der Waals surface area contributed by atoms with Crippen molar-refractivity contribution in [3.05, 3.63) is 59.1 Å². The minimum absolute atomic E-state index is 0.00192. The van der Waals surface area contributed by atoms with E-state index < -0.39 is 0 Å². The van der Waals surface area contributed by atoms with E-state index in [1.54, 1.807) is 17.0 Å². The highest BCUT2D eigenvalue weighted by atomic mass is 35.5. The van der Waals surface area contributed by atoms with Gasteiger partial charge >= 0.3 is 0 Å². The number of aryl methyl sites for hydroxylation is 1. The Bertz CT molecular complexity index is 657. The number of rotatable bonds is 3. The van der Waals surface area contributed by atoms with Crippen LogP contribution in [-0.4, -0.2) is 19.1 Å². The zero-order chi connectivity index (χ0) is 14.7. The summed E-state index contributed by atoms with van der Waals surface area (Å²) in [4.78, 5) is 14.2. The maximum Gasteiger partial charge on any atom is 0.264 e. The molecule has 0 aliphatic carbocycles. The van der Waals surface area contributed by atoms with Gasteiger partial charge in [0.25, 0.3) is 5.91 Å². The first kappa shape index (κ1) is 14.0. The second-order valence-electron chi connectivity index (χ2n) is 5.00. The SMILES string of the molecule is O=C(COc1ccccc1Cl)N1CCCc2ccccc21. The third-order valence-corrected chi connectivity index (χ3v) is 3.91. The number of halogens is 1. The van der Waals surface area contributed by atoms with Gasteiger partial charge in [-0.25, -0.2) is 0 Å². The summed E-state index contributed by atoms with van der Waals surface area (Å²) in [5.41, 5.74) is 2.21. The summed E-state index contributed by atoms with van der Waals surface area (Å²) in [5.74, 6) is 0.500. The van der Waals surface area contributed by atoms with Crippen LogP contribution >= 0.6 is 11.6 Å². The average molecular weight is 302 g/mol. The molecule has 0 spiro atoms. The van der Waals surface area contributed by atoms with E-state index in [0.29, 0.717) is 10.8 Å². The Morgan fingerprint density at radius 2 is 1.90 bits per heavy atom. The zero-order valence-electron chi connectivity index (χ0n) is 11.6. The lowest BCUT2D eigenvalue weighted by Gasteiger charge is -2.29. The molecular weight excluding hydrogens is 286 g/mol. The minimum Gasteiger partial charge on any atom is -0.482 e. The van der Waals surface area contributed by atoms with E-state index >= 15 is 0 Å². The van der Waals surface area contributed by atoms with Gasteiger partial charge in [0, 0.05) is 12.2 Å². The predicted octanol–water partition coefficient (Wildman–Crippen LogP) is 3.70. The normalized spacial score (nSPS) is 13.7. The molecule has 4 heteroatoms. The van der Waals surface area contributed by atoms with Crippen molar-refractivity contribution in [3.63, 3.8) is 0 Å². The van der Waals surface area contributed by atoms with Crippen molar-refractivity contribution in [3.8, 4) is 5.75 Å². The van der Waals surface area contributed by atoms with Gasteiger partial charge in [-0.15, -0.1) is 0 Å². The van der Waals surface area contributed by atoms with Crippen molar-refractivity contribution in [2.45, 2.75) is 12.8 Å². The molecule has 0 saturated carbocycles. The molecule has 0 aromatic heterocycles. The summed E-state index contributed by atoms with van der Waals surface area (Å²) in [6, 6.07) is 15.2. The number of carbonyl (C=O) groups excluding carboxylic acids is 1. The van der Waals surface area contributed by atoms with Crippen LogP contribution in [0.5, 0.6) is 5.75 Å². The molecule has 2 aromatic rings. The number of benzene rings is 2. The third kappa shape index (κ3) is 3.03. The quantitative estimate of drug-likeness (QED) is 0.865. The maximum absolute atomic E-state index is 12.4.